The Kier molecular flexibility index (Phi) is 6.65. The van der Waals surface area contributed by atoms with Crippen molar-refractivity contribution >= 4 is 39.5 Å². The summed E-state index contributed by atoms with van der Waals surface area (Å²) in [7, 11) is -3.69. The number of imide groups is 1. The smallest absolute Gasteiger partial charge is 0.325 e. The summed E-state index contributed by atoms with van der Waals surface area (Å²) in [4.78, 5) is 41.3. The Balaban J connectivity index is 1.42. The Bertz CT molecular complexity index is 1310. The van der Waals surface area contributed by atoms with E-state index in [0.717, 1.165) is 10.5 Å². The fraction of sp³-hybridized carbons (Fsp3) is 0.375. The molecular weight excluding hydrogens is 492 g/mol. The van der Waals surface area contributed by atoms with Crippen LogP contribution in [0.3, 0.4) is 0 Å². The third-order valence-electron chi connectivity index (χ3n) is 6.52. The van der Waals surface area contributed by atoms with E-state index in [1.165, 1.54) is 9.21 Å². The van der Waals surface area contributed by atoms with Crippen LogP contribution < -0.4 is 5.32 Å². The van der Waals surface area contributed by atoms with Crippen LogP contribution in [0.15, 0.2) is 47.4 Å². The number of carbonyl (C=O) groups excluding carboxylic acids is 3. The van der Waals surface area contributed by atoms with E-state index in [2.05, 4.69) is 5.32 Å². The number of piperazine rings is 1. The summed E-state index contributed by atoms with van der Waals surface area (Å²) in [6.45, 7) is 5.34. The van der Waals surface area contributed by atoms with Crippen molar-refractivity contribution < 1.29 is 22.8 Å². The molecule has 0 bridgehead atoms. The van der Waals surface area contributed by atoms with Gasteiger partial charge in [0.15, 0.2) is 0 Å². The normalized spacial score (nSPS) is 21.4. The topological polar surface area (TPSA) is 107 Å². The fourth-order valence-electron chi connectivity index (χ4n) is 4.53. The van der Waals surface area contributed by atoms with Gasteiger partial charge in [-0.3, -0.25) is 14.5 Å². The van der Waals surface area contributed by atoms with E-state index >= 15 is 0 Å². The van der Waals surface area contributed by atoms with Gasteiger partial charge in [-0.25, -0.2) is 13.2 Å². The molecule has 0 aliphatic carbocycles. The molecule has 1 N–H and O–H groups in total. The summed E-state index contributed by atoms with van der Waals surface area (Å²) in [5.41, 5.74) is 0.709. The first-order valence-corrected chi connectivity index (χ1v) is 13.0. The van der Waals surface area contributed by atoms with Gasteiger partial charge in [-0.1, -0.05) is 47.5 Å². The first-order chi connectivity index (χ1) is 16.4. The Morgan fingerprint density at radius 2 is 1.71 bits per heavy atom. The fourth-order valence-corrected chi connectivity index (χ4v) is 6.48. The van der Waals surface area contributed by atoms with Gasteiger partial charge in [0.1, 0.15) is 12.1 Å². The molecule has 1 unspecified atom stereocenters. The number of nitrogens with zero attached hydrogens (tertiary/aromatic N) is 3. The number of hydrogen-bond donors (Lipinski definition) is 1. The summed E-state index contributed by atoms with van der Waals surface area (Å²) in [6.07, 6.45) is 0. The van der Waals surface area contributed by atoms with Crippen LogP contribution in [0.1, 0.15) is 23.6 Å². The van der Waals surface area contributed by atoms with Gasteiger partial charge < -0.3 is 10.2 Å². The number of amides is 4. The number of benzene rings is 2. The zero-order chi connectivity index (χ0) is 25.5. The monoisotopic (exact) mass is 518 g/mol. The van der Waals surface area contributed by atoms with Gasteiger partial charge in [-0.2, -0.15) is 4.31 Å². The second-order valence-electron chi connectivity index (χ2n) is 8.98. The molecule has 2 fully saturated rings. The van der Waals surface area contributed by atoms with Crippen molar-refractivity contribution in [3.05, 3.63) is 64.2 Å². The molecule has 0 spiro atoms. The van der Waals surface area contributed by atoms with E-state index in [-0.39, 0.29) is 31.1 Å². The molecule has 2 aromatic carbocycles. The predicted octanol–water partition coefficient (Wildman–Crippen LogP) is 2.26. The zero-order valence-electron chi connectivity index (χ0n) is 19.7. The largest absolute Gasteiger partial charge is 0.338 e. The first-order valence-electron chi connectivity index (χ1n) is 11.2. The maximum atomic E-state index is 13.1. The van der Waals surface area contributed by atoms with Crippen LogP contribution in [0, 0.1) is 13.8 Å². The average Bonchev–Trinajstić information content (AvgIpc) is 3.02. The van der Waals surface area contributed by atoms with Gasteiger partial charge >= 0.3 is 6.03 Å². The molecule has 0 aromatic heterocycles. The lowest BCUT2D eigenvalue weighted by atomic mass is 9.92. The molecule has 11 heteroatoms. The van der Waals surface area contributed by atoms with Gasteiger partial charge in [-0.05, 0) is 38.5 Å². The highest BCUT2D eigenvalue weighted by Gasteiger charge is 2.50. The molecule has 186 valence electrons. The number of halogens is 1. The van der Waals surface area contributed by atoms with E-state index in [1.54, 1.807) is 50.2 Å². The van der Waals surface area contributed by atoms with Crippen LogP contribution in [-0.4, -0.2) is 73.1 Å². The SMILES string of the molecule is Cc1ccc(S(=O)(=O)N2CCN(C(=O)CN3C(=O)NC(C)(c4ccccc4Cl)C3=O)CC2)c(C)c1. The van der Waals surface area contributed by atoms with Crippen molar-refractivity contribution in [1.82, 2.24) is 19.4 Å². The minimum atomic E-state index is -3.69. The number of urea groups is 1. The Morgan fingerprint density at radius 1 is 1.06 bits per heavy atom. The number of nitrogens with one attached hydrogen (secondary N) is 1. The molecule has 0 radical (unpaired) electrons. The van der Waals surface area contributed by atoms with Crippen LogP contribution in [0.25, 0.3) is 0 Å². The molecule has 0 saturated carbocycles. The van der Waals surface area contributed by atoms with Gasteiger partial charge in [0.25, 0.3) is 5.91 Å². The number of sulfonamides is 1. The second-order valence-corrected chi connectivity index (χ2v) is 11.3. The number of aryl methyl sites for hydroxylation is 2. The first kappa shape index (κ1) is 25.2. The van der Waals surface area contributed by atoms with Gasteiger partial charge in [0, 0.05) is 36.8 Å². The number of hydrogen-bond acceptors (Lipinski definition) is 5. The summed E-state index contributed by atoms with van der Waals surface area (Å²) in [5, 5.41) is 2.98. The van der Waals surface area contributed by atoms with E-state index in [9.17, 15) is 22.8 Å². The summed E-state index contributed by atoms with van der Waals surface area (Å²) >= 11 is 6.24. The highest BCUT2D eigenvalue weighted by Crippen LogP contribution is 2.33. The van der Waals surface area contributed by atoms with Gasteiger partial charge in [0.2, 0.25) is 15.9 Å². The molecule has 2 aliphatic rings. The lowest BCUT2D eigenvalue weighted by molar-refractivity contribution is -0.139. The number of carbonyl (C=O) groups is 3. The Morgan fingerprint density at radius 3 is 2.34 bits per heavy atom. The van der Waals surface area contributed by atoms with Crippen molar-refractivity contribution in [1.29, 1.82) is 0 Å². The van der Waals surface area contributed by atoms with Crippen molar-refractivity contribution in [3.63, 3.8) is 0 Å². The molecule has 2 saturated heterocycles. The summed E-state index contributed by atoms with van der Waals surface area (Å²) in [5.74, 6) is -1.000. The van der Waals surface area contributed by atoms with Crippen LogP contribution >= 0.6 is 11.6 Å². The van der Waals surface area contributed by atoms with E-state index in [1.807, 2.05) is 13.0 Å². The maximum Gasteiger partial charge on any atom is 0.325 e. The standard InChI is InChI=1S/C24H27ClN4O5S/c1-16-8-9-20(17(2)14-16)35(33,34)28-12-10-27(11-13-28)21(30)15-29-22(31)24(3,26-23(29)32)18-6-4-5-7-19(18)25/h4-9,14H,10-13,15H2,1-3H3,(H,26,32). The van der Waals surface area contributed by atoms with E-state index < -0.39 is 40.0 Å². The van der Waals surface area contributed by atoms with Crippen LogP contribution in [0.5, 0.6) is 0 Å². The quantitative estimate of drug-likeness (QED) is 0.611. The minimum absolute atomic E-state index is 0.124. The third-order valence-corrected chi connectivity index (χ3v) is 8.91. The van der Waals surface area contributed by atoms with Crippen molar-refractivity contribution in [2.75, 3.05) is 32.7 Å². The highest BCUT2D eigenvalue weighted by molar-refractivity contribution is 7.89. The maximum absolute atomic E-state index is 13.1. The molecule has 35 heavy (non-hydrogen) atoms. The van der Waals surface area contributed by atoms with Gasteiger partial charge in [-0.15, -0.1) is 0 Å². The summed E-state index contributed by atoms with van der Waals surface area (Å²) < 4.78 is 27.6. The molecule has 9 nitrogen and oxygen atoms in total. The lowest BCUT2D eigenvalue weighted by Crippen LogP contribution is -2.53. The van der Waals surface area contributed by atoms with E-state index in [0.29, 0.717) is 16.1 Å². The molecule has 1 atom stereocenters. The number of rotatable bonds is 5. The van der Waals surface area contributed by atoms with Crippen LogP contribution in [0.4, 0.5) is 4.79 Å². The molecular formula is C24H27ClN4O5S. The van der Waals surface area contributed by atoms with Crippen LogP contribution in [-0.2, 0) is 25.2 Å². The van der Waals surface area contributed by atoms with E-state index in [4.69, 9.17) is 11.6 Å². The lowest BCUT2D eigenvalue weighted by Gasteiger charge is -2.34. The van der Waals surface area contributed by atoms with Crippen molar-refractivity contribution in [2.45, 2.75) is 31.2 Å². The van der Waals surface area contributed by atoms with Gasteiger partial charge in [0.05, 0.1) is 4.90 Å². The molecule has 4 rings (SSSR count). The molecule has 2 heterocycles. The Labute approximate surface area is 209 Å². The molecule has 2 aliphatic heterocycles. The van der Waals surface area contributed by atoms with Crippen molar-refractivity contribution in [2.24, 2.45) is 0 Å². The molecule has 2 aromatic rings. The Hall–Kier alpha value is -2.95. The average molecular weight is 519 g/mol. The zero-order valence-corrected chi connectivity index (χ0v) is 21.3. The predicted molar refractivity (Wildman–Crippen MR) is 130 cm³/mol. The summed E-state index contributed by atoms with van der Waals surface area (Å²) in [6, 6.07) is 11.2. The molecule has 4 amide bonds. The van der Waals surface area contributed by atoms with Crippen molar-refractivity contribution in [3.8, 4) is 0 Å². The minimum Gasteiger partial charge on any atom is -0.338 e. The third kappa shape index (κ3) is 4.53. The second kappa shape index (κ2) is 9.25. The highest BCUT2D eigenvalue weighted by atomic mass is 35.5. The van der Waals surface area contributed by atoms with Crippen LogP contribution in [0.2, 0.25) is 5.02 Å².